The van der Waals surface area contributed by atoms with E-state index in [9.17, 15) is 22.7 Å². The highest BCUT2D eigenvalue weighted by atomic mass is 32.2. The Morgan fingerprint density at radius 3 is 2.52 bits per heavy atom. The van der Waals surface area contributed by atoms with E-state index in [1.165, 1.54) is 43.5 Å². The summed E-state index contributed by atoms with van der Waals surface area (Å²) in [5, 5.41) is 9.48. The summed E-state index contributed by atoms with van der Waals surface area (Å²) in [6, 6.07) is 12.9. The lowest BCUT2D eigenvalue weighted by Crippen LogP contribution is -2.15. The maximum absolute atomic E-state index is 13.8. The molecule has 0 saturated heterocycles. The highest BCUT2D eigenvalue weighted by Gasteiger charge is 2.26. The van der Waals surface area contributed by atoms with Crippen molar-refractivity contribution in [3.05, 3.63) is 84.1 Å². The summed E-state index contributed by atoms with van der Waals surface area (Å²) in [6.45, 7) is 1.51. The number of hydrogen-bond donors (Lipinski definition) is 1. The Morgan fingerprint density at radius 2 is 1.87 bits per heavy atom. The summed E-state index contributed by atoms with van der Waals surface area (Å²) in [6.07, 6.45) is 2.71. The van der Waals surface area contributed by atoms with E-state index in [2.05, 4.69) is 4.98 Å². The largest absolute Gasteiger partial charge is 0.481 e. The molecule has 31 heavy (non-hydrogen) atoms. The van der Waals surface area contributed by atoms with Crippen molar-refractivity contribution in [1.82, 2.24) is 8.96 Å². The number of ether oxygens (including phenoxy) is 1. The third-order valence-corrected chi connectivity index (χ3v) is 6.62. The monoisotopic (exact) mass is 440 g/mol. The number of carbonyl (C=O) groups is 1. The molecule has 158 valence electrons. The van der Waals surface area contributed by atoms with Crippen molar-refractivity contribution in [1.29, 1.82) is 0 Å². The van der Waals surface area contributed by atoms with Crippen LogP contribution in [-0.2, 0) is 21.2 Å². The molecule has 0 atom stereocenters. The number of aliphatic carboxylic acids is 1. The van der Waals surface area contributed by atoms with Crippen LogP contribution in [0.15, 0.2) is 71.9 Å². The molecule has 4 rings (SSSR count). The van der Waals surface area contributed by atoms with Crippen molar-refractivity contribution in [3.8, 4) is 11.5 Å². The lowest BCUT2D eigenvalue weighted by atomic mass is 10.1. The fraction of sp³-hybridized carbons (Fsp3) is 0.0909. The van der Waals surface area contributed by atoms with E-state index in [4.69, 9.17) is 4.74 Å². The average Bonchev–Trinajstić information content (AvgIpc) is 3.00. The Bertz CT molecular complexity index is 1380. The van der Waals surface area contributed by atoms with Gasteiger partial charge in [0.1, 0.15) is 17.3 Å². The van der Waals surface area contributed by atoms with Gasteiger partial charge in [0.05, 0.1) is 23.0 Å². The van der Waals surface area contributed by atoms with Crippen LogP contribution in [0.3, 0.4) is 0 Å². The molecule has 2 aromatic carbocycles. The summed E-state index contributed by atoms with van der Waals surface area (Å²) in [7, 11) is -4.08. The minimum atomic E-state index is -4.08. The molecule has 7 nitrogen and oxygen atoms in total. The summed E-state index contributed by atoms with van der Waals surface area (Å²) in [5.41, 5.74) is 0.687. The summed E-state index contributed by atoms with van der Waals surface area (Å²) >= 11 is 0. The molecular weight excluding hydrogens is 423 g/mol. The number of nitrogens with zero attached hydrogens (tertiary/aromatic N) is 2. The van der Waals surface area contributed by atoms with E-state index in [-0.39, 0.29) is 27.1 Å². The normalized spacial score (nSPS) is 11.5. The van der Waals surface area contributed by atoms with Gasteiger partial charge in [0, 0.05) is 17.3 Å². The third-order valence-electron chi connectivity index (χ3n) is 4.80. The van der Waals surface area contributed by atoms with Gasteiger partial charge in [0.2, 0.25) is 0 Å². The molecule has 0 bridgehead atoms. The first kappa shape index (κ1) is 20.5. The first-order chi connectivity index (χ1) is 14.8. The van der Waals surface area contributed by atoms with Crippen LogP contribution in [0, 0.1) is 12.7 Å². The van der Waals surface area contributed by atoms with Crippen LogP contribution in [0.2, 0.25) is 0 Å². The zero-order valence-electron chi connectivity index (χ0n) is 16.3. The number of carboxylic acids is 1. The molecule has 0 spiro atoms. The Kier molecular flexibility index (Phi) is 5.20. The molecule has 2 heterocycles. The van der Waals surface area contributed by atoms with Crippen molar-refractivity contribution < 1.29 is 27.4 Å². The smallest absolute Gasteiger partial charge is 0.307 e. The maximum atomic E-state index is 13.8. The predicted molar refractivity (Wildman–Crippen MR) is 111 cm³/mol. The SMILES string of the molecule is Cc1c(CC(=O)O)c2cc(F)ccc2n1S(=O)(=O)c1ccc(Oc2cccnc2)cc1. The summed E-state index contributed by atoms with van der Waals surface area (Å²) in [4.78, 5) is 15.2. The molecule has 0 amide bonds. The molecular formula is C22H17FN2O5S. The van der Waals surface area contributed by atoms with Crippen LogP contribution >= 0.6 is 0 Å². The number of fused-ring (bicyclic) bond motifs is 1. The highest BCUT2D eigenvalue weighted by Crippen LogP contribution is 2.32. The Morgan fingerprint density at radius 1 is 1.13 bits per heavy atom. The standard InChI is InChI=1S/C22H17FN2O5S/c1-14-19(12-22(26)27)20-11-15(23)4-9-21(20)25(14)31(28,29)18-7-5-16(6-8-18)30-17-3-2-10-24-13-17/h2-11,13H,12H2,1H3,(H,26,27). The van der Waals surface area contributed by atoms with Crippen molar-refractivity contribution >= 4 is 26.9 Å². The van der Waals surface area contributed by atoms with E-state index in [1.54, 1.807) is 18.3 Å². The second kappa shape index (κ2) is 7.84. The average molecular weight is 440 g/mol. The van der Waals surface area contributed by atoms with Gasteiger partial charge in [0.15, 0.2) is 0 Å². The number of aromatic nitrogens is 2. The minimum Gasteiger partial charge on any atom is -0.481 e. The zero-order valence-corrected chi connectivity index (χ0v) is 17.1. The van der Waals surface area contributed by atoms with Crippen LogP contribution in [0.4, 0.5) is 4.39 Å². The molecule has 0 aliphatic carbocycles. The molecule has 2 aromatic heterocycles. The van der Waals surface area contributed by atoms with Crippen LogP contribution in [0.1, 0.15) is 11.3 Å². The fourth-order valence-corrected chi connectivity index (χ4v) is 5.02. The van der Waals surface area contributed by atoms with Crippen molar-refractivity contribution in [3.63, 3.8) is 0 Å². The van der Waals surface area contributed by atoms with Crippen LogP contribution in [0.5, 0.6) is 11.5 Å². The second-order valence-corrected chi connectivity index (χ2v) is 8.61. The van der Waals surface area contributed by atoms with Gasteiger partial charge >= 0.3 is 5.97 Å². The van der Waals surface area contributed by atoms with E-state index in [0.717, 1.165) is 16.1 Å². The zero-order chi connectivity index (χ0) is 22.2. The maximum Gasteiger partial charge on any atom is 0.307 e. The van der Waals surface area contributed by atoms with Gasteiger partial charge in [-0.1, -0.05) is 0 Å². The number of rotatable bonds is 6. The van der Waals surface area contributed by atoms with Crippen LogP contribution in [-0.4, -0.2) is 28.5 Å². The summed E-state index contributed by atoms with van der Waals surface area (Å²) in [5.74, 6) is -0.785. The number of carboxylic acid groups (broad SMARTS) is 1. The first-order valence-corrected chi connectivity index (χ1v) is 10.7. The van der Waals surface area contributed by atoms with Crippen LogP contribution < -0.4 is 4.74 Å². The Hall–Kier alpha value is -3.72. The second-order valence-electron chi connectivity index (χ2n) is 6.83. The van der Waals surface area contributed by atoms with Gasteiger partial charge in [-0.15, -0.1) is 0 Å². The number of halogens is 1. The van der Waals surface area contributed by atoms with Crippen molar-refractivity contribution in [2.75, 3.05) is 0 Å². The third kappa shape index (κ3) is 3.87. The quantitative estimate of drug-likeness (QED) is 0.484. The molecule has 0 saturated carbocycles. The minimum absolute atomic E-state index is 0.0164. The molecule has 1 N–H and O–H groups in total. The van der Waals surface area contributed by atoms with E-state index < -0.39 is 28.2 Å². The van der Waals surface area contributed by atoms with E-state index in [0.29, 0.717) is 11.5 Å². The Balaban J connectivity index is 1.78. The molecule has 0 fully saturated rings. The highest BCUT2D eigenvalue weighted by molar-refractivity contribution is 7.90. The van der Waals surface area contributed by atoms with Crippen molar-refractivity contribution in [2.24, 2.45) is 0 Å². The predicted octanol–water partition coefficient (Wildman–Crippen LogP) is 4.14. The first-order valence-electron chi connectivity index (χ1n) is 9.22. The van der Waals surface area contributed by atoms with Gasteiger partial charge < -0.3 is 9.84 Å². The van der Waals surface area contributed by atoms with Gasteiger partial charge in [-0.25, -0.2) is 16.8 Å². The summed E-state index contributed by atoms with van der Waals surface area (Å²) < 4.78 is 47.3. The lowest BCUT2D eigenvalue weighted by molar-refractivity contribution is -0.136. The fourth-order valence-electron chi connectivity index (χ4n) is 3.44. The van der Waals surface area contributed by atoms with Crippen LogP contribution in [0.25, 0.3) is 10.9 Å². The number of benzene rings is 2. The van der Waals surface area contributed by atoms with Crippen molar-refractivity contribution in [2.45, 2.75) is 18.2 Å². The molecule has 0 aliphatic heterocycles. The van der Waals surface area contributed by atoms with Gasteiger partial charge in [-0.2, -0.15) is 0 Å². The van der Waals surface area contributed by atoms with Gasteiger partial charge in [-0.05, 0) is 67.1 Å². The topological polar surface area (TPSA) is 98.5 Å². The van der Waals surface area contributed by atoms with E-state index >= 15 is 0 Å². The molecule has 0 aliphatic rings. The van der Waals surface area contributed by atoms with E-state index in [1.807, 2.05) is 0 Å². The van der Waals surface area contributed by atoms with Gasteiger partial charge in [-0.3, -0.25) is 9.78 Å². The Labute approximate surface area is 177 Å². The molecule has 4 aromatic rings. The molecule has 9 heteroatoms. The number of pyridine rings is 1. The molecule has 0 radical (unpaired) electrons. The molecule has 0 unspecified atom stereocenters. The van der Waals surface area contributed by atoms with Gasteiger partial charge in [0.25, 0.3) is 10.0 Å². The number of hydrogen-bond acceptors (Lipinski definition) is 5. The lowest BCUT2D eigenvalue weighted by Gasteiger charge is -2.11.